The van der Waals surface area contributed by atoms with Crippen molar-refractivity contribution >= 4 is 12.0 Å². The number of fused-ring (bicyclic) bond motifs is 5. The van der Waals surface area contributed by atoms with Gasteiger partial charge in [0.05, 0.1) is 54.4 Å². The summed E-state index contributed by atoms with van der Waals surface area (Å²) >= 11 is 0. The van der Waals surface area contributed by atoms with Crippen molar-refractivity contribution in [3.8, 4) is 0 Å². The van der Waals surface area contributed by atoms with Crippen LogP contribution in [0.15, 0.2) is 48.1 Å². The van der Waals surface area contributed by atoms with Crippen molar-refractivity contribution < 1.29 is 67.5 Å². The van der Waals surface area contributed by atoms with Gasteiger partial charge in [-0.05, 0) is 107 Å². The first-order valence-corrected chi connectivity index (χ1v) is 24.3. The van der Waals surface area contributed by atoms with Crippen LogP contribution < -0.4 is 0 Å². The summed E-state index contributed by atoms with van der Waals surface area (Å²) in [7, 11) is 4.92. The van der Waals surface area contributed by atoms with Gasteiger partial charge in [0.15, 0.2) is 18.9 Å². The molecule has 14 heteroatoms. The van der Waals surface area contributed by atoms with Gasteiger partial charge in [-0.1, -0.05) is 55.8 Å². The second kappa shape index (κ2) is 20.0. The number of carbonyl (C=O) groups excluding carboxylic acids is 1. The van der Waals surface area contributed by atoms with Crippen LogP contribution in [0.4, 0.5) is 0 Å². The molecule has 0 spiro atoms. The van der Waals surface area contributed by atoms with Crippen molar-refractivity contribution in [1.82, 2.24) is 0 Å². The highest BCUT2D eigenvalue weighted by atomic mass is 16.7. The van der Waals surface area contributed by atoms with E-state index in [4.69, 9.17) is 47.4 Å². The Hall–Kier alpha value is -2.31. The van der Waals surface area contributed by atoms with Crippen LogP contribution in [0.2, 0.25) is 0 Å². The smallest absolute Gasteiger partial charge is 0.331 e. The summed E-state index contributed by atoms with van der Waals surface area (Å²) in [6.07, 6.45) is 5.11. The number of benzene rings is 1. The van der Waals surface area contributed by atoms with E-state index in [1.807, 2.05) is 44.2 Å². The van der Waals surface area contributed by atoms with Gasteiger partial charge in [0.1, 0.15) is 24.4 Å². The lowest BCUT2D eigenvalue weighted by Gasteiger charge is -2.63. The lowest BCUT2D eigenvalue weighted by molar-refractivity contribution is -0.338. The van der Waals surface area contributed by atoms with Gasteiger partial charge in [-0.15, -0.1) is 0 Å². The third-order valence-corrected chi connectivity index (χ3v) is 17.2. The van der Waals surface area contributed by atoms with Crippen LogP contribution in [0.5, 0.6) is 0 Å². The fourth-order valence-corrected chi connectivity index (χ4v) is 13.5. The Morgan fingerprint density at radius 2 is 1.37 bits per heavy atom. The summed E-state index contributed by atoms with van der Waals surface area (Å²) in [5, 5.41) is 34.5. The van der Waals surface area contributed by atoms with Crippen molar-refractivity contribution in [2.24, 2.45) is 28.6 Å². The predicted octanol–water partition coefficient (Wildman–Crippen LogP) is 6.26. The highest BCUT2D eigenvalue weighted by Gasteiger charge is 2.71. The van der Waals surface area contributed by atoms with Gasteiger partial charge in [-0.3, -0.25) is 0 Å². The number of carbonyl (C=O) groups is 1. The zero-order valence-electron chi connectivity index (χ0n) is 39.9. The molecule has 14 nitrogen and oxygen atoms in total. The highest BCUT2D eigenvalue weighted by molar-refractivity contribution is 5.87. The maximum Gasteiger partial charge on any atom is 0.331 e. The molecule has 0 bridgehead atoms. The molecule has 0 radical (unpaired) electrons. The first-order valence-electron chi connectivity index (χ1n) is 24.3. The Bertz CT molecular complexity index is 1830. The number of aliphatic hydroxyl groups excluding tert-OH is 2. The maximum atomic E-state index is 13.5. The Balaban J connectivity index is 0.895. The summed E-state index contributed by atoms with van der Waals surface area (Å²) in [5.74, 6) is -0.581. The summed E-state index contributed by atoms with van der Waals surface area (Å²) in [5.41, 5.74) is 0.102. The number of hydrogen-bond donors (Lipinski definition) is 3. The average Bonchev–Trinajstić information content (AvgIpc) is 3.58. The van der Waals surface area contributed by atoms with E-state index in [-0.39, 0.29) is 53.7 Å². The second-order valence-electron chi connectivity index (χ2n) is 20.6. The third-order valence-electron chi connectivity index (χ3n) is 17.2. The number of allylic oxidation sites excluding steroid dienone is 1. The van der Waals surface area contributed by atoms with Crippen molar-refractivity contribution in [3.05, 3.63) is 53.6 Å². The van der Waals surface area contributed by atoms with Gasteiger partial charge in [0.25, 0.3) is 0 Å². The number of ether oxygens (including phenoxy) is 10. The quantitative estimate of drug-likeness (QED) is 0.115. The Morgan fingerprint density at radius 3 is 1.97 bits per heavy atom. The monoisotopic (exact) mass is 913 g/mol. The molecule has 6 fully saturated rings. The minimum atomic E-state index is -1.10. The first-order chi connectivity index (χ1) is 31.0. The van der Waals surface area contributed by atoms with E-state index < -0.39 is 78.6 Å². The Labute approximate surface area is 385 Å². The lowest BCUT2D eigenvalue weighted by Crippen LogP contribution is -2.67. The van der Waals surface area contributed by atoms with Crippen molar-refractivity contribution in [2.45, 2.75) is 203 Å². The highest BCUT2D eigenvalue weighted by Crippen LogP contribution is 2.69. The fraction of sp³-hybridized carbons (Fsp3) is 0.784. The molecule has 3 aliphatic heterocycles. The normalized spacial score (nSPS) is 47.0. The molecule has 3 saturated heterocycles. The van der Waals surface area contributed by atoms with E-state index in [9.17, 15) is 20.1 Å². The molecule has 1 aromatic rings. The maximum absolute atomic E-state index is 13.5. The van der Waals surface area contributed by atoms with Crippen LogP contribution in [-0.2, 0) is 52.2 Å². The number of hydrogen-bond acceptors (Lipinski definition) is 14. The summed E-state index contributed by atoms with van der Waals surface area (Å²) in [6.45, 7) is 11.9. The van der Waals surface area contributed by atoms with E-state index in [1.165, 1.54) is 11.6 Å². The van der Waals surface area contributed by atoms with E-state index in [0.29, 0.717) is 38.5 Å². The molecule has 0 amide bonds. The van der Waals surface area contributed by atoms with Gasteiger partial charge in [-0.2, -0.15) is 0 Å². The minimum Gasteiger partial charge on any atom is -0.458 e. The molecule has 21 atom stereocenters. The fourth-order valence-electron chi connectivity index (χ4n) is 13.5. The van der Waals surface area contributed by atoms with Crippen LogP contribution in [0.1, 0.15) is 111 Å². The largest absolute Gasteiger partial charge is 0.458 e. The van der Waals surface area contributed by atoms with Crippen molar-refractivity contribution in [1.29, 1.82) is 0 Å². The molecular formula is C51H76O14. The van der Waals surface area contributed by atoms with Gasteiger partial charge >= 0.3 is 5.97 Å². The van der Waals surface area contributed by atoms with Crippen LogP contribution in [0.25, 0.3) is 6.08 Å². The SMILES string of the molecule is CO[C@H]1C[C@H](O[C@H]2CC[C@@]3(C)C(=CC[C@@H]4[C@@H]3C[C@@H](OC(=O)/C=C/c3ccccc3)[C@]3(C)[C@H]([C@H](C)O)CC[C@]43O)C2)O[C@H](C)[C@H]1O[C@H]1C[C@@H](OC)[C@H](O[C@H]2C[C@@H](OC)[C@H](O)[C@@H](C)O2)[C@@H](C)O1. The molecule has 4 aliphatic carbocycles. The van der Waals surface area contributed by atoms with Gasteiger partial charge in [0, 0.05) is 52.1 Å². The molecule has 3 saturated carbocycles. The zero-order valence-corrected chi connectivity index (χ0v) is 39.9. The summed E-state index contributed by atoms with van der Waals surface area (Å²) < 4.78 is 62.6. The second-order valence-corrected chi connectivity index (χ2v) is 20.6. The molecule has 8 rings (SSSR count). The molecule has 0 unspecified atom stereocenters. The molecule has 3 N–H and O–H groups in total. The summed E-state index contributed by atoms with van der Waals surface area (Å²) in [4.78, 5) is 13.5. The zero-order chi connectivity index (χ0) is 46.4. The molecule has 7 aliphatic rings. The number of methoxy groups -OCH3 is 3. The van der Waals surface area contributed by atoms with Crippen LogP contribution in [0.3, 0.4) is 0 Å². The molecule has 1 aromatic carbocycles. The molecule has 0 aromatic heterocycles. The van der Waals surface area contributed by atoms with E-state index in [0.717, 1.165) is 31.2 Å². The van der Waals surface area contributed by atoms with Crippen LogP contribution >= 0.6 is 0 Å². The minimum absolute atomic E-state index is 0.0266. The number of rotatable bonds is 13. The van der Waals surface area contributed by atoms with Crippen LogP contribution in [0, 0.1) is 28.6 Å². The summed E-state index contributed by atoms with van der Waals surface area (Å²) in [6, 6.07) is 9.67. The van der Waals surface area contributed by atoms with E-state index >= 15 is 0 Å². The van der Waals surface area contributed by atoms with Crippen molar-refractivity contribution in [2.75, 3.05) is 21.3 Å². The van der Waals surface area contributed by atoms with E-state index in [2.05, 4.69) is 19.9 Å². The standard InChI is InChI=1S/C51H76O14/c1-28(52)35-20-22-51(55)36-17-16-33-23-34(19-21-49(33,5)37(36)24-41(50(35,51)6)63-42(53)18-15-32-13-11-10-12-14-32)62-43-26-39(57-8)47(30(3)60-43)65-45-27-40(58-9)48(31(4)61-45)64-44-25-38(56-7)46(54)29(2)59-44/h10-16,18,28-31,34-41,43-48,52,54-55H,17,19-27H2,1-9H3/b18-15+/t28-,29+,30+,31+,34-,35-,36+,37-,38+,39-,40+,41+,43-,44-,45-,46+,47+,48+,49-,50-,51-/m0/s1. The lowest BCUT2D eigenvalue weighted by atomic mass is 9.44. The Kier molecular flexibility index (Phi) is 15.1. The van der Waals surface area contributed by atoms with Gasteiger partial charge in [-0.25, -0.2) is 4.79 Å². The first kappa shape index (κ1) is 49.1. The van der Waals surface area contributed by atoms with Gasteiger partial charge < -0.3 is 62.7 Å². The topological polar surface area (TPSA) is 170 Å². The number of aliphatic hydroxyl groups is 3. The molecular weight excluding hydrogens is 837 g/mol. The predicted molar refractivity (Wildman–Crippen MR) is 239 cm³/mol. The van der Waals surface area contributed by atoms with Crippen molar-refractivity contribution in [3.63, 3.8) is 0 Å². The van der Waals surface area contributed by atoms with Crippen LogP contribution in [-0.4, -0.2) is 140 Å². The van der Waals surface area contributed by atoms with Gasteiger partial charge in [0.2, 0.25) is 0 Å². The third kappa shape index (κ3) is 9.43. The molecule has 3 heterocycles. The molecule has 364 valence electrons. The van der Waals surface area contributed by atoms with E-state index in [1.54, 1.807) is 41.3 Å². The average molecular weight is 913 g/mol. The number of esters is 1. The molecule has 65 heavy (non-hydrogen) atoms. The Morgan fingerprint density at radius 1 is 0.785 bits per heavy atom.